The first-order valence-corrected chi connectivity index (χ1v) is 10.8. The molecule has 8 heteroatoms. The molecule has 0 spiro atoms. The van der Waals surface area contributed by atoms with E-state index in [1.165, 1.54) is 18.4 Å². The van der Waals surface area contributed by atoms with E-state index < -0.39 is 11.8 Å². The molecule has 0 saturated carbocycles. The van der Waals surface area contributed by atoms with Crippen LogP contribution in [0.4, 0.5) is 11.4 Å². The van der Waals surface area contributed by atoms with Gasteiger partial charge in [0.1, 0.15) is 17.2 Å². The molecule has 2 aromatic carbocycles. The zero-order valence-corrected chi connectivity index (χ0v) is 18.4. The summed E-state index contributed by atoms with van der Waals surface area (Å²) in [6.45, 7) is 2.25. The van der Waals surface area contributed by atoms with Crippen molar-refractivity contribution in [2.24, 2.45) is 0 Å². The van der Waals surface area contributed by atoms with Crippen molar-refractivity contribution in [2.75, 3.05) is 23.9 Å². The summed E-state index contributed by atoms with van der Waals surface area (Å²) >= 11 is 7.53. The number of imide groups is 1. The summed E-state index contributed by atoms with van der Waals surface area (Å²) in [5, 5.41) is 5.42. The number of amides is 2. The van der Waals surface area contributed by atoms with Crippen LogP contribution in [-0.4, -0.2) is 25.5 Å². The van der Waals surface area contributed by atoms with Crippen LogP contribution in [0.2, 0.25) is 5.02 Å². The minimum atomic E-state index is -0.484. The Bertz CT molecular complexity index is 1170. The number of anilines is 2. The van der Waals surface area contributed by atoms with Crippen LogP contribution >= 0.6 is 22.9 Å². The standard InChI is InChI=1S/C23H19ClN2O4S/c1-3-30-18-8-5-4-7-16(18)26-22(27)20(19-9-6-12-31-19)21(23(26)28)25-15-13-14(24)10-11-17(15)29-2/h4-13,25H,3H2,1-2H3. The lowest BCUT2D eigenvalue weighted by Gasteiger charge is -2.19. The quantitative estimate of drug-likeness (QED) is 0.496. The first kappa shape index (κ1) is 21.0. The number of carbonyl (C=O) groups excluding carboxylic acids is 2. The molecule has 158 valence electrons. The molecule has 0 radical (unpaired) electrons. The second-order valence-electron chi connectivity index (χ2n) is 6.54. The summed E-state index contributed by atoms with van der Waals surface area (Å²) in [4.78, 5) is 28.8. The van der Waals surface area contributed by atoms with Crippen molar-refractivity contribution in [3.63, 3.8) is 0 Å². The Balaban J connectivity index is 1.83. The van der Waals surface area contributed by atoms with E-state index in [1.54, 1.807) is 48.5 Å². The monoisotopic (exact) mass is 454 g/mol. The van der Waals surface area contributed by atoms with Gasteiger partial charge in [0.15, 0.2) is 0 Å². The molecule has 1 aliphatic rings. The topological polar surface area (TPSA) is 67.9 Å². The molecule has 0 bridgehead atoms. The van der Waals surface area contributed by atoms with Crippen LogP contribution in [-0.2, 0) is 9.59 Å². The molecule has 0 saturated heterocycles. The van der Waals surface area contributed by atoms with Crippen LogP contribution < -0.4 is 19.7 Å². The minimum absolute atomic E-state index is 0.152. The molecule has 31 heavy (non-hydrogen) atoms. The number of halogens is 1. The first-order valence-electron chi connectivity index (χ1n) is 9.54. The van der Waals surface area contributed by atoms with Gasteiger partial charge in [-0.05, 0) is 48.7 Å². The Labute approximate surface area is 188 Å². The second kappa shape index (κ2) is 8.83. The highest BCUT2D eigenvalue weighted by atomic mass is 35.5. The molecule has 2 amide bonds. The summed E-state index contributed by atoms with van der Waals surface area (Å²) < 4.78 is 11.0. The van der Waals surface area contributed by atoms with Crippen LogP contribution in [0.3, 0.4) is 0 Å². The maximum absolute atomic E-state index is 13.5. The lowest BCUT2D eigenvalue weighted by Crippen LogP contribution is -2.32. The van der Waals surface area contributed by atoms with E-state index in [-0.39, 0.29) is 11.3 Å². The van der Waals surface area contributed by atoms with Gasteiger partial charge in [0.2, 0.25) is 0 Å². The highest BCUT2D eigenvalue weighted by Gasteiger charge is 2.42. The summed E-state index contributed by atoms with van der Waals surface area (Å²) in [5.41, 5.74) is 1.32. The maximum atomic E-state index is 13.5. The van der Waals surface area contributed by atoms with Crippen LogP contribution in [0.25, 0.3) is 5.57 Å². The maximum Gasteiger partial charge on any atom is 0.282 e. The number of nitrogens with zero attached hydrogens (tertiary/aromatic N) is 1. The fraction of sp³-hybridized carbons (Fsp3) is 0.130. The van der Waals surface area contributed by atoms with Gasteiger partial charge in [-0.1, -0.05) is 29.8 Å². The Morgan fingerprint density at radius 2 is 1.84 bits per heavy atom. The Kier molecular flexibility index (Phi) is 5.97. The highest BCUT2D eigenvalue weighted by molar-refractivity contribution is 7.11. The lowest BCUT2D eigenvalue weighted by molar-refractivity contribution is -0.120. The van der Waals surface area contributed by atoms with Crippen molar-refractivity contribution in [1.82, 2.24) is 0 Å². The molecule has 0 unspecified atom stereocenters. The molecular weight excluding hydrogens is 436 g/mol. The van der Waals surface area contributed by atoms with Crippen molar-refractivity contribution in [3.8, 4) is 11.5 Å². The number of ether oxygens (including phenoxy) is 2. The van der Waals surface area contributed by atoms with Crippen molar-refractivity contribution >= 4 is 51.7 Å². The van der Waals surface area contributed by atoms with Gasteiger partial charge in [-0.3, -0.25) is 9.59 Å². The number of para-hydroxylation sites is 2. The second-order valence-corrected chi connectivity index (χ2v) is 7.93. The number of thiophene rings is 1. The molecule has 6 nitrogen and oxygen atoms in total. The van der Waals surface area contributed by atoms with Gasteiger partial charge in [-0.15, -0.1) is 11.3 Å². The molecule has 1 aromatic heterocycles. The van der Waals surface area contributed by atoms with E-state index in [9.17, 15) is 9.59 Å². The Morgan fingerprint density at radius 3 is 2.55 bits per heavy atom. The van der Waals surface area contributed by atoms with Crippen LogP contribution in [0, 0.1) is 0 Å². The number of nitrogens with one attached hydrogen (secondary N) is 1. The van der Waals surface area contributed by atoms with Gasteiger partial charge in [-0.25, -0.2) is 4.90 Å². The molecule has 1 aliphatic heterocycles. The Morgan fingerprint density at radius 1 is 1.03 bits per heavy atom. The van der Waals surface area contributed by atoms with Crippen LogP contribution in [0.15, 0.2) is 65.7 Å². The Hall–Kier alpha value is -3.29. The number of hydrogen-bond acceptors (Lipinski definition) is 6. The van der Waals surface area contributed by atoms with Gasteiger partial charge in [-0.2, -0.15) is 0 Å². The number of methoxy groups -OCH3 is 1. The van der Waals surface area contributed by atoms with Gasteiger partial charge in [0.05, 0.1) is 30.7 Å². The number of hydrogen-bond donors (Lipinski definition) is 1. The summed E-state index contributed by atoms with van der Waals surface area (Å²) in [7, 11) is 1.52. The third-order valence-corrected chi connectivity index (χ3v) is 5.80. The zero-order chi connectivity index (χ0) is 22.0. The van der Waals surface area contributed by atoms with Gasteiger partial charge in [0.25, 0.3) is 11.8 Å². The van der Waals surface area contributed by atoms with Gasteiger partial charge >= 0.3 is 0 Å². The van der Waals surface area contributed by atoms with Crippen LogP contribution in [0.5, 0.6) is 11.5 Å². The molecular formula is C23H19ClN2O4S. The van der Waals surface area contributed by atoms with Gasteiger partial charge in [0, 0.05) is 9.90 Å². The van der Waals surface area contributed by atoms with E-state index in [4.69, 9.17) is 21.1 Å². The fourth-order valence-corrected chi connectivity index (χ4v) is 4.29. The average molecular weight is 455 g/mol. The summed E-state index contributed by atoms with van der Waals surface area (Å²) in [6.07, 6.45) is 0. The highest BCUT2D eigenvalue weighted by Crippen LogP contribution is 2.40. The smallest absolute Gasteiger partial charge is 0.282 e. The summed E-state index contributed by atoms with van der Waals surface area (Å²) in [6, 6.07) is 15.6. The zero-order valence-electron chi connectivity index (χ0n) is 16.8. The van der Waals surface area contributed by atoms with Crippen molar-refractivity contribution in [2.45, 2.75) is 6.92 Å². The normalized spacial score (nSPS) is 13.7. The summed E-state index contributed by atoms with van der Waals surface area (Å²) in [5.74, 6) is 0.0420. The van der Waals surface area contributed by atoms with Crippen molar-refractivity contribution in [3.05, 3.63) is 75.6 Å². The van der Waals surface area contributed by atoms with Gasteiger partial charge < -0.3 is 14.8 Å². The molecule has 0 fully saturated rings. The molecule has 2 heterocycles. The number of rotatable bonds is 7. The minimum Gasteiger partial charge on any atom is -0.495 e. The van der Waals surface area contributed by atoms with E-state index in [0.717, 1.165) is 4.90 Å². The largest absolute Gasteiger partial charge is 0.495 e. The van der Waals surface area contributed by atoms with E-state index in [2.05, 4.69) is 5.32 Å². The SMILES string of the molecule is CCOc1ccccc1N1C(=O)C(Nc2cc(Cl)ccc2OC)=C(c2cccs2)C1=O. The number of carbonyl (C=O) groups is 2. The molecule has 1 N–H and O–H groups in total. The van der Waals surface area contributed by atoms with E-state index >= 15 is 0 Å². The number of benzene rings is 2. The van der Waals surface area contributed by atoms with Crippen molar-refractivity contribution in [1.29, 1.82) is 0 Å². The molecule has 3 aromatic rings. The van der Waals surface area contributed by atoms with Crippen molar-refractivity contribution < 1.29 is 19.1 Å². The predicted molar refractivity (Wildman–Crippen MR) is 123 cm³/mol. The average Bonchev–Trinajstić information content (AvgIpc) is 3.36. The predicted octanol–water partition coefficient (Wildman–Crippen LogP) is 5.21. The molecule has 0 atom stereocenters. The van der Waals surface area contributed by atoms with E-state index in [0.29, 0.717) is 39.4 Å². The fourth-order valence-electron chi connectivity index (χ4n) is 3.35. The third kappa shape index (κ3) is 3.89. The third-order valence-electron chi connectivity index (χ3n) is 4.68. The van der Waals surface area contributed by atoms with E-state index in [1.807, 2.05) is 18.4 Å². The first-order chi connectivity index (χ1) is 15.0. The van der Waals surface area contributed by atoms with Crippen LogP contribution in [0.1, 0.15) is 11.8 Å². The molecule has 4 rings (SSSR count). The lowest BCUT2D eigenvalue weighted by atomic mass is 10.1. The molecule has 0 aliphatic carbocycles.